The number of nitrogens with one attached hydrogen (secondary N) is 1. The molecule has 0 spiro atoms. The Balaban J connectivity index is 4.75. The quantitative estimate of drug-likeness (QED) is 0.535. The van der Waals surface area contributed by atoms with Gasteiger partial charge < -0.3 is 15.8 Å². The van der Waals surface area contributed by atoms with Gasteiger partial charge in [0.1, 0.15) is 0 Å². The molecule has 0 bridgehead atoms. The highest BCUT2D eigenvalue weighted by Crippen LogP contribution is 2.10. The fourth-order valence-electron chi connectivity index (χ4n) is 0.746. The summed E-state index contributed by atoms with van der Waals surface area (Å²) in [5, 5.41) is 2.67. The third-order valence-corrected chi connectivity index (χ3v) is 2.18. The second kappa shape index (κ2) is 7.17. The van der Waals surface area contributed by atoms with E-state index in [1.165, 1.54) is 11.8 Å². The van der Waals surface area contributed by atoms with Gasteiger partial charge in [-0.05, 0) is 13.2 Å². The Labute approximate surface area is 93.4 Å². The van der Waals surface area contributed by atoms with E-state index in [1.807, 2.05) is 0 Å². The minimum absolute atomic E-state index is 0.0243. The maximum atomic E-state index is 11.4. The van der Waals surface area contributed by atoms with E-state index >= 15 is 0 Å². The fraction of sp³-hybridized carbons (Fsp3) is 0.556. The van der Waals surface area contributed by atoms with E-state index in [2.05, 4.69) is 5.32 Å². The number of nitrogens with two attached hydrogens (primary N) is 1. The van der Waals surface area contributed by atoms with Crippen LogP contribution in [0, 0.1) is 0 Å². The molecule has 6 heteroatoms. The SMILES string of the molecule is CCOC(=O)/C(NC(=O)CC)=C(/N)SC. The standard InChI is InChI=1S/C9H16N2O3S/c1-4-6(12)11-7(8(10)15-3)9(13)14-5-2/h4-5,10H2,1-3H3,(H,11,12)/b8-7+. The lowest BCUT2D eigenvalue weighted by molar-refractivity contribution is -0.140. The largest absolute Gasteiger partial charge is 0.461 e. The van der Waals surface area contributed by atoms with Crippen LogP contribution in [0.25, 0.3) is 0 Å². The number of hydrogen-bond donors (Lipinski definition) is 2. The number of carbonyl (C=O) groups excluding carboxylic acids is 2. The van der Waals surface area contributed by atoms with Gasteiger partial charge in [0.05, 0.1) is 11.6 Å². The van der Waals surface area contributed by atoms with Crippen molar-refractivity contribution in [2.45, 2.75) is 20.3 Å². The summed E-state index contributed by atoms with van der Waals surface area (Å²) in [6.07, 6.45) is 2.00. The molecule has 0 unspecified atom stereocenters. The summed E-state index contributed by atoms with van der Waals surface area (Å²) in [5.74, 6) is -0.874. The van der Waals surface area contributed by atoms with E-state index < -0.39 is 5.97 Å². The van der Waals surface area contributed by atoms with Crippen molar-refractivity contribution < 1.29 is 14.3 Å². The summed E-state index contributed by atoms with van der Waals surface area (Å²) in [4.78, 5) is 22.5. The zero-order valence-electron chi connectivity index (χ0n) is 9.12. The molecule has 0 aromatic heterocycles. The molecular weight excluding hydrogens is 216 g/mol. The summed E-state index contributed by atoms with van der Waals surface area (Å²) in [6.45, 7) is 3.62. The third-order valence-electron chi connectivity index (χ3n) is 1.53. The average molecular weight is 232 g/mol. The number of amides is 1. The maximum Gasteiger partial charge on any atom is 0.357 e. The second-order valence-corrected chi connectivity index (χ2v) is 3.41. The molecule has 0 saturated heterocycles. The number of hydrogen-bond acceptors (Lipinski definition) is 5. The first-order valence-electron chi connectivity index (χ1n) is 4.57. The molecule has 5 nitrogen and oxygen atoms in total. The zero-order chi connectivity index (χ0) is 11.8. The Bertz CT molecular complexity index is 277. The van der Waals surface area contributed by atoms with Crippen molar-refractivity contribution in [2.24, 2.45) is 5.73 Å². The summed E-state index contributed by atoms with van der Waals surface area (Å²) in [5.41, 5.74) is 5.60. The van der Waals surface area contributed by atoms with E-state index in [0.29, 0.717) is 0 Å². The Morgan fingerprint density at radius 2 is 2.00 bits per heavy atom. The van der Waals surface area contributed by atoms with Crippen LogP contribution in [0.3, 0.4) is 0 Å². The van der Waals surface area contributed by atoms with E-state index in [0.717, 1.165) is 0 Å². The Morgan fingerprint density at radius 1 is 1.40 bits per heavy atom. The Hall–Kier alpha value is -1.17. The summed E-state index contributed by atoms with van der Waals surface area (Å²) in [6, 6.07) is 0. The van der Waals surface area contributed by atoms with Gasteiger partial charge in [-0.1, -0.05) is 6.92 Å². The van der Waals surface area contributed by atoms with Gasteiger partial charge in [-0.2, -0.15) is 0 Å². The molecule has 0 aliphatic heterocycles. The van der Waals surface area contributed by atoms with Crippen LogP contribution in [0.1, 0.15) is 20.3 Å². The lowest BCUT2D eigenvalue weighted by atomic mass is 10.4. The van der Waals surface area contributed by atoms with Gasteiger partial charge in [-0.3, -0.25) is 4.79 Å². The van der Waals surface area contributed by atoms with Crippen LogP contribution in [-0.2, 0) is 14.3 Å². The molecule has 0 aromatic carbocycles. The van der Waals surface area contributed by atoms with Gasteiger partial charge in [0, 0.05) is 6.42 Å². The molecule has 3 N–H and O–H groups in total. The number of ether oxygens (including phenoxy) is 1. The molecule has 0 aliphatic carbocycles. The lowest BCUT2D eigenvalue weighted by Gasteiger charge is -2.10. The highest BCUT2D eigenvalue weighted by atomic mass is 32.2. The lowest BCUT2D eigenvalue weighted by Crippen LogP contribution is -2.30. The van der Waals surface area contributed by atoms with Crippen LogP contribution in [0.4, 0.5) is 0 Å². The zero-order valence-corrected chi connectivity index (χ0v) is 9.94. The Kier molecular flexibility index (Phi) is 6.61. The number of esters is 1. The van der Waals surface area contributed by atoms with Crippen molar-refractivity contribution in [2.75, 3.05) is 12.9 Å². The number of carbonyl (C=O) groups is 2. The predicted octanol–water partition coefficient (Wildman–Crippen LogP) is 0.567. The molecule has 15 heavy (non-hydrogen) atoms. The number of thioether (sulfide) groups is 1. The number of rotatable bonds is 5. The molecule has 0 saturated carbocycles. The van der Waals surface area contributed by atoms with E-state index in [9.17, 15) is 9.59 Å². The monoisotopic (exact) mass is 232 g/mol. The molecule has 0 heterocycles. The normalized spacial score (nSPS) is 11.7. The molecule has 0 atom stereocenters. The molecule has 0 aliphatic rings. The van der Waals surface area contributed by atoms with Crippen LogP contribution < -0.4 is 11.1 Å². The van der Waals surface area contributed by atoms with Crippen LogP contribution in [-0.4, -0.2) is 24.7 Å². The van der Waals surface area contributed by atoms with Gasteiger partial charge in [-0.15, -0.1) is 11.8 Å². The predicted molar refractivity (Wildman–Crippen MR) is 59.8 cm³/mol. The highest BCUT2D eigenvalue weighted by Gasteiger charge is 2.16. The second-order valence-electron chi connectivity index (χ2n) is 2.57. The minimum Gasteiger partial charge on any atom is -0.461 e. The summed E-state index contributed by atoms with van der Waals surface area (Å²) >= 11 is 1.18. The van der Waals surface area contributed by atoms with Crippen LogP contribution in [0.2, 0.25) is 0 Å². The topological polar surface area (TPSA) is 81.4 Å². The first-order chi connectivity index (χ1) is 7.06. The highest BCUT2D eigenvalue weighted by molar-refractivity contribution is 8.02. The third kappa shape index (κ3) is 4.73. The van der Waals surface area contributed by atoms with Crippen molar-refractivity contribution in [3.05, 3.63) is 10.7 Å². The van der Waals surface area contributed by atoms with Crippen LogP contribution in [0.5, 0.6) is 0 Å². The van der Waals surface area contributed by atoms with E-state index in [-0.39, 0.29) is 29.7 Å². The maximum absolute atomic E-state index is 11.4. The molecule has 86 valence electrons. The molecular formula is C9H16N2O3S. The van der Waals surface area contributed by atoms with Gasteiger partial charge in [0.15, 0.2) is 5.70 Å². The van der Waals surface area contributed by atoms with E-state index in [1.54, 1.807) is 20.1 Å². The molecule has 0 aromatic rings. The van der Waals surface area contributed by atoms with Crippen molar-refractivity contribution in [3.8, 4) is 0 Å². The molecule has 0 radical (unpaired) electrons. The smallest absolute Gasteiger partial charge is 0.357 e. The molecule has 1 amide bonds. The Morgan fingerprint density at radius 3 is 2.40 bits per heavy atom. The van der Waals surface area contributed by atoms with Crippen molar-refractivity contribution in [1.29, 1.82) is 0 Å². The van der Waals surface area contributed by atoms with Crippen molar-refractivity contribution >= 4 is 23.6 Å². The van der Waals surface area contributed by atoms with Crippen molar-refractivity contribution in [3.63, 3.8) is 0 Å². The average Bonchev–Trinajstić information content (AvgIpc) is 2.24. The van der Waals surface area contributed by atoms with E-state index in [4.69, 9.17) is 10.5 Å². The summed E-state index contributed by atoms with van der Waals surface area (Å²) in [7, 11) is 0. The van der Waals surface area contributed by atoms with Gasteiger partial charge >= 0.3 is 5.97 Å². The van der Waals surface area contributed by atoms with Gasteiger partial charge in [0.25, 0.3) is 0 Å². The minimum atomic E-state index is -0.605. The first-order valence-corrected chi connectivity index (χ1v) is 5.79. The van der Waals surface area contributed by atoms with Crippen LogP contribution in [0.15, 0.2) is 10.7 Å². The van der Waals surface area contributed by atoms with Gasteiger partial charge in [0.2, 0.25) is 5.91 Å². The van der Waals surface area contributed by atoms with Crippen molar-refractivity contribution in [1.82, 2.24) is 5.32 Å². The summed E-state index contributed by atoms with van der Waals surface area (Å²) < 4.78 is 4.77. The molecule has 0 fully saturated rings. The molecule has 0 rings (SSSR count). The van der Waals surface area contributed by atoms with Gasteiger partial charge in [-0.25, -0.2) is 4.79 Å². The first kappa shape index (κ1) is 13.8. The van der Waals surface area contributed by atoms with Crippen LogP contribution >= 0.6 is 11.8 Å². The fourth-order valence-corrected chi connectivity index (χ4v) is 1.08.